The molecule has 5 nitrogen and oxygen atoms in total. The molecule has 0 unspecified atom stereocenters. The molecule has 15 heavy (non-hydrogen) atoms. The van der Waals surface area contributed by atoms with Crippen LogP contribution >= 0.6 is 23.4 Å². The average Bonchev–Trinajstić information content (AvgIpc) is 2.58. The van der Waals surface area contributed by atoms with E-state index in [2.05, 4.69) is 15.5 Å². The van der Waals surface area contributed by atoms with Gasteiger partial charge in [0.15, 0.2) is 0 Å². The molecule has 1 aromatic carbocycles. The predicted molar refractivity (Wildman–Crippen MR) is 58.8 cm³/mol. The van der Waals surface area contributed by atoms with E-state index in [-0.39, 0.29) is 0 Å². The average molecular weight is 242 g/mol. The van der Waals surface area contributed by atoms with E-state index in [1.807, 2.05) is 0 Å². The van der Waals surface area contributed by atoms with Crippen LogP contribution < -0.4 is 5.73 Å². The van der Waals surface area contributed by atoms with Crippen LogP contribution in [-0.2, 0) is 7.05 Å². The lowest BCUT2D eigenvalue weighted by atomic mass is 10.3. The van der Waals surface area contributed by atoms with Gasteiger partial charge >= 0.3 is 0 Å². The number of nitrogen functional groups attached to an aromatic ring is 1. The van der Waals surface area contributed by atoms with E-state index in [0.29, 0.717) is 15.9 Å². The first-order valence-electron chi connectivity index (χ1n) is 4.12. The third kappa shape index (κ3) is 2.21. The molecule has 2 rings (SSSR count). The highest BCUT2D eigenvalue weighted by molar-refractivity contribution is 7.99. The quantitative estimate of drug-likeness (QED) is 0.809. The Morgan fingerprint density at radius 3 is 2.93 bits per heavy atom. The van der Waals surface area contributed by atoms with Crippen LogP contribution in [0.25, 0.3) is 0 Å². The van der Waals surface area contributed by atoms with Gasteiger partial charge in [-0.05, 0) is 40.4 Å². The van der Waals surface area contributed by atoms with Gasteiger partial charge in [0, 0.05) is 22.7 Å². The van der Waals surface area contributed by atoms with Crippen molar-refractivity contribution in [2.24, 2.45) is 7.05 Å². The summed E-state index contributed by atoms with van der Waals surface area (Å²) in [5, 5.41) is 12.4. The number of nitrogens with zero attached hydrogens (tertiary/aromatic N) is 4. The molecule has 0 fully saturated rings. The van der Waals surface area contributed by atoms with Crippen LogP contribution in [0, 0.1) is 0 Å². The Morgan fingerprint density at radius 1 is 1.47 bits per heavy atom. The molecule has 0 radical (unpaired) electrons. The first-order valence-corrected chi connectivity index (χ1v) is 5.31. The molecule has 2 aromatic rings. The molecule has 0 saturated heterocycles. The number of hydrogen-bond donors (Lipinski definition) is 1. The van der Waals surface area contributed by atoms with E-state index in [1.54, 1.807) is 29.9 Å². The van der Waals surface area contributed by atoms with Crippen molar-refractivity contribution in [1.82, 2.24) is 20.2 Å². The van der Waals surface area contributed by atoms with Crippen molar-refractivity contribution < 1.29 is 0 Å². The van der Waals surface area contributed by atoms with Gasteiger partial charge < -0.3 is 5.73 Å². The highest BCUT2D eigenvalue weighted by Crippen LogP contribution is 2.31. The molecular formula is C8H8ClN5S. The van der Waals surface area contributed by atoms with Crippen LogP contribution in [0.4, 0.5) is 5.69 Å². The highest BCUT2D eigenvalue weighted by atomic mass is 35.5. The second-order valence-corrected chi connectivity index (χ2v) is 4.31. The van der Waals surface area contributed by atoms with E-state index in [0.717, 1.165) is 4.90 Å². The zero-order chi connectivity index (χ0) is 10.8. The van der Waals surface area contributed by atoms with E-state index >= 15 is 0 Å². The zero-order valence-electron chi connectivity index (χ0n) is 7.88. The summed E-state index contributed by atoms with van der Waals surface area (Å²) in [6, 6.07) is 5.29. The third-order valence-corrected chi connectivity index (χ3v) is 3.10. The molecule has 0 amide bonds. The van der Waals surface area contributed by atoms with Crippen molar-refractivity contribution >= 4 is 29.1 Å². The highest BCUT2D eigenvalue weighted by Gasteiger charge is 2.07. The molecule has 1 heterocycles. The minimum Gasteiger partial charge on any atom is -0.398 e. The maximum Gasteiger partial charge on any atom is 0.213 e. The molecule has 2 N–H and O–H groups in total. The summed E-state index contributed by atoms with van der Waals surface area (Å²) >= 11 is 7.25. The van der Waals surface area contributed by atoms with Gasteiger partial charge in [-0.1, -0.05) is 11.6 Å². The minimum atomic E-state index is 0.641. The van der Waals surface area contributed by atoms with Crippen molar-refractivity contribution in [2.45, 2.75) is 10.1 Å². The summed E-state index contributed by atoms with van der Waals surface area (Å²) < 4.78 is 1.57. The van der Waals surface area contributed by atoms with Gasteiger partial charge in [-0.25, -0.2) is 4.68 Å². The number of hydrogen-bond acceptors (Lipinski definition) is 5. The van der Waals surface area contributed by atoms with Gasteiger partial charge in [0.2, 0.25) is 5.16 Å². The van der Waals surface area contributed by atoms with Crippen LogP contribution in [0.1, 0.15) is 0 Å². The predicted octanol–water partition coefficient (Wildman–Crippen LogP) is 1.60. The minimum absolute atomic E-state index is 0.641. The number of rotatable bonds is 2. The largest absolute Gasteiger partial charge is 0.398 e. The summed E-state index contributed by atoms with van der Waals surface area (Å²) in [6.45, 7) is 0. The Balaban J connectivity index is 2.32. The fourth-order valence-corrected chi connectivity index (χ4v) is 2.05. The number of benzene rings is 1. The van der Waals surface area contributed by atoms with Gasteiger partial charge in [-0.15, -0.1) is 5.10 Å². The Morgan fingerprint density at radius 2 is 2.27 bits per heavy atom. The smallest absolute Gasteiger partial charge is 0.213 e. The molecule has 0 spiro atoms. The number of aromatic nitrogens is 4. The van der Waals surface area contributed by atoms with E-state index in [9.17, 15) is 0 Å². The molecule has 0 atom stereocenters. The maximum atomic E-state index is 5.87. The van der Waals surface area contributed by atoms with Gasteiger partial charge in [0.25, 0.3) is 0 Å². The molecule has 0 aliphatic heterocycles. The number of tetrazole rings is 1. The summed E-state index contributed by atoms with van der Waals surface area (Å²) in [6.07, 6.45) is 0. The zero-order valence-corrected chi connectivity index (χ0v) is 9.46. The monoisotopic (exact) mass is 241 g/mol. The van der Waals surface area contributed by atoms with Crippen LogP contribution in [0.15, 0.2) is 28.3 Å². The number of aryl methyl sites for hydroxylation is 1. The van der Waals surface area contributed by atoms with Crippen LogP contribution in [0.2, 0.25) is 5.02 Å². The second kappa shape index (κ2) is 4.08. The van der Waals surface area contributed by atoms with Gasteiger partial charge in [0.1, 0.15) is 0 Å². The van der Waals surface area contributed by atoms with E-state index in [4.69, 9.17) is 17.3 Å². The molecule has 0 bridgehead atoms. The lowest BCUT2D eigenvalue weighted by Gasteiger charge is -2.03. The summed E-state index contributed by atoms with van der Waals surface area (Å²) in [5.41, 5.74) is 6.46. The standard InChI is InChI=1S/C8H8ClN5S/c1-14-8(11-12-13-14)15-7-4-5(9)2-3-6(7)10/h2-4H,10H2,1H3. The molecule has 78 valence electrons. The SMILES string of the molecule is Cn1nnnc1Sc1cc(Cl)ccc1N. The second-order valence-electron chi connectivity index (χ2n) is 2.87. The van der Waals surface area contributed by atoms with Crippen molar-refractivity contribution in [2.75, 3.05) is 5.73 Å². The van der Waals surface area contributed by atoms with E-state index < -0.39 is 0 Å². The van der Waals surface area contributed by atoms with Gasteiger partial charge in [-0.3, -0.25) is 0 Å². The first-order chi connectivity index (χ1) is 7.16. The Kier molecular flexibility index (Phi) is 2.79. The number of anilines is 1. The van der Waals surface area contributed by atoms with Gasteiger partial charge in [0.05, 0.1) is 0 Å². The van der Waals surface area contributed by atoms with Crippen LogP contribution in [-0.4, -0.2) is 20.2 Å². The van der Waals surface area contributed by atoms with Crippen molar-refractivity contribution in [3.63, 3.8) is 0 Å². The fraction of sp³-hybridized carbons (Fsp3) is 0.125. The lowest BCUT2D eigenvalue weighted by molar-refractivity contribution is 0.664. The normalized spacial score (nSPS) is 10.5. The Hall–Kier alpha value is -1.27. The molecule has 1 aromatic heterocycles. The van der Waals surface area contributed by atoms with E-state index in [1.165, 1.54) is 11.8 Å². The van der Waals surface area contributed by atoms with Crippen molar-refractivity contribution in [1.29, 1.82) is 0 Å². The van der Waals surface area contributed by atoms with Gasteiger partial charge in [-0.2, -0.15) is 0 Å². The summed E-state index contributed by atoms with van der Waals surface area (Å²) in [5.74, 6) is 0. The third-order valence-electron chi connectivity index (χ3n) is 1.76. The number of halogens is 1. The summed E-state index contributed by atoms with van der Waals surface area (Å²) in [7, 11) is 1.77. The molecule has 0 aliphatic carbocycles. The molecule has 0 saturated carbocycles. The topological polar surface area (TPSA) is 69.6 Å². The Bertz CT molecular complexity index is 484. The first kappa shape index (κ1) is 10.3. The molecular weight excluding hydrogens is 234 g/mol. The lowest BCUT2D eigenvalue weighted by Crippen LogP contribution is -1.94. The Labute approximate surface area is 95.6 Å². The van der Waals surface area contributed by atoms with Crippen molar-refractivity contribution in [3.8, 4) is 0 Å². The van der Waals surface area contributed by atoms with Crippen LogP contribution in [0.5, 0.6) is 0 Å². The molecule has 7 heteroatoms. The fourth-order valence-electron chi connectivity index (χ4n) is 1.00. The van der Waals surface area contributed by atoms with Crippen LogP contribution in [0.3, 0.4) is 0 Å². The maximum absolute atomic E-state index is 5.87. The molecule has 0 aliphatic rings. The summed E-state index contributed by atoms with van der Waals surface area (Å²) in [4.78, 5) is 0.848. The number of nitrogens with two attached hydrogens (primary N) is 1. The van der Waals surface area contributed by atoms with Crippen molar-refractivity contribution in [3.05, 3.63) is 23.2 Å².